The monoisotopic (exact) mass is 402 g/mol. The third kappa shape index (κ3) is 2.56. The van der Waals surface area contributed by atoms with Crippen LogP contribution < -0.4 is 9.47 Å². The van der Waals surface area contributed by atoms with E-state index in [1.807, 2.05) is 48.5 Å². The summed E-state index contributed by atoms with van der Waals surface area (Å²) in [5, 5.41) is 1.80. The van der Waals surface area contributed by atoms with Gasteiger partial charge in [-0.05, 0) is 41.0 Å². The second-order valence-electron chi connectivity index (χ2n) is 7.86. The lowest BCUT2D eigenvalue weighted by Gasteiger charge is -2.32. The molecular weight excluding hydrogens is 384 g/mol. The first kappa shape index (κ1) is 17.3. The summed E-state index contributed by atoms with van der Waals surface area (Å²) in [6.07, 6.45) is -0.0520. The zero-order valence-electron chi connectivity index (χ0n) is 16.0. The van der Waals surface area contributed by atoms with E-state index in [-0.39, 0.29) is 31.2 Å². The summed E-state index contributed by atoms with van der Waals surface area (Å²) >= 11 is 0. The van der Waals surface area contributed by atoms with Gasteiger partial charge in [0, 0.05) is 11.5 Å². The van der Waals surface area contributed by atoms with Gasteiger partial charge in [-0.1, -0.05) is 36.4 Å². The molecular formula is C24H18O6. The minimum absolute atomic E-state index is 0.160. The maximum absolute atomic E-state index is 13.2. The molecule has 6 rings (SSSR count). The van der Waals surface area contributed by atoms with Crippen molar-refractivity contribution in [3.05, 3.63) is 71.3 Å². The molecule has 1 aliphatic carbocycles. The van der Waals surface area contributed by atoms with E-state index in [0.717, 1.165) is 21.9 Å². The molecule has 6 nitrogen and oxygen atoms in total. The fraction of sp³-hybridized carbons (Fsp3) is 0.250. The standard InChI is InChI=1S/C24H18O6/c25-23-18-8-14-9-20-21(29-12-28-20)10-17(14)22(19(18)11-27-23)30-24(26)16-7-3-5-13-4-1-2-6-15(13)16/h1-7,9-10,18-19,22H,8,11-12H2/t18-,19?,22?/m1/s1. The van der Waals surface area contributed by atoms with Gasteiger partial charge in [-0.15, -0.1) is 0 Å². The predicted octanol–water partition coefficient (Wildman–Crippen LogP) is 3.81. The molecule has 6 heteroatoms. The van der Waals surface area contributed by atoms with Gasteiger partial charge in [0.15, 0.2) is 11.5 Å². The Morgan fingerprint density at radius 2 is 1.77 bits per heavy atom. The first-order valence-electron chi connectivity index (χ1n) is 9.97. The van der Waals surface area contributed by atoms with Gasteiger partial charge in [0.25, 0.3) is 0 Å². The van der Waals surface area contributed by atoms with E-state index < -0.39 is 12.1 Å². The summed E-state index contributed by atoms with van der Waals surface area (Å²) in [6.45, 7) is 0.401. The number of carbonyl (C=O) groups excluding carboxylic acids is 2. The van der Waals surface area contributed by atoms with E-state index in [2.05, 4.69) is 0 Å². The molecule has 150 valence electrons. The Kier molecular flexibility index (Phi) is 3.75. The summed E-state index contributed by atoms with van der Waals surface area (Å²) in [6, 6.07) is 17.0. The van der Waals surface area contributed by atoms with Crippen LogP contribution in [0.25, 0.3) is 10.8 Å². The molecule has 0 N–H and O–H groups in total. The zero-order valence-corrected chi connectivity index (χ0v) is 16.0. The normalized spacial score (nSPS) is 23.6. The number of hydrogen-bond acceptors (Lipinski definition) is 6. The second-order valence-corrected chi connectivity index (χ2v) is 7.86. The van der Waals surface area contributed by atoms with Crippen molar-refractivity contribution in [1.82, 2.24) is 0 Å². The van der Waals surface area contributed by atoms with E-state index in [9.17, 15) is 9.59 Å². The molecule has 3 aromatic rings. The van der Waals surface area contributed by atoms with Crippen LogP contribution in [0, 0.1) is 11.8 Å². The van der Waals surface area contributed by atoms with Crippen LogP contribution in [0.4, 0.5) is 0 Å². The SMILES string of the molecule is O=C(OC1c2cc3c(cc2C[C@H]2C(=O)OCC12)OCO3)c1cccc2ccccc12. The van der Waals surface area contributed by atoms with Gasteiger partial charge in [0.1, 0.15) is 6.10 Å². The molecule has 0 amide bonds. The Labute approximate surface area is 172 Å². The molecule has 0 radical (unpaired) electrons. The van der Waals surface area contributed by atoms with Crippen LogP contribution in [-0.4, -0.2) is 25.3 Å². The van der Waals surface area contributed by atoms with E-state index in [4.69, 9.17) is 18.9 Å². The maximum Gasteiger partial charge on any atom is 0.339 e. The predicted molar refractivity (Wildman–Crippen MR) is 106 cm³/mol. The van der Waals surface area contributed by atoms with Crippen LogP contribution in [-0.2, 0) is 20.7 Å². The summed E-state index contributed by atoms with van der Waals surface area (Å²) in [5.41, 5.74) is 2.28. The van der Waals surface area contributed by atoms with Crippen LogP contribution in [0.5, 0.6) is 11.5 Å². The van der Waals surface area contributed by atoms with Crippen LogP contribution >= 0.6 is 0 Å². The third-order valence-electron chi connectivity index (χ3n) is 6.25. The van der Waals surface area contributed by atoms with Crippen LogP contribution in [0.1, 0.15) is 27.6 Å². The first-order chi connectivity index (χ1) is 14.7. The van der Waals surface area contributed by atoms with Gasteiger partial charge in [-0.25, -0.2) is 4.79 Å². The average Bonchev–Trinajstić information content (AvgIpc) is 3.38. The highest BCUT2D eigenvalue weighted by atomic mass is 16.7. The number of rotatable bonds is 2. The van der Waals surface area contributed by atoms with Crippen molar-refractivity contribution in [2.24, 2.45) is 11.8 Å². The minimum atomic E-state index is -0.592. The lowest BCUT2D eigenvalue weighted by Crippen LogP contribution is -2.33. The highest BCUT2D eigenvalue weighted by Crippen LogP contribution is 2.48. The summed E-state index contributed by atoms with van der Waals surface area (Å²) in [5.74, 6) is 0.0729. The summed E-state index contributed by atoms with van der Waals surface area (Å²) in [7, 11) is 0. The largest absolute Gasteiger partial charge is 0.465 e. The lowest BCUT2D eigenvalue weighted by atomic mass is 9.75. The highest BCUT2D eigenvalue weighted by molar-refractivity contribution is 6.04. The Bertz CT molecular complexity index is 1190. The molecule has 2 aliphatic heterocycles. The topological polar surface area (TPSA) is 71.1 Å². The van der Waals surface area contributed by atoms with Crippen molar-refractivity contribution in [3.8, 4) is 11.5 Å². The van der Waals surface area contributed by atoms with Crippen molar-refractivity contribution >= 4 is 22.7 Å². The van der Waals surface area contributed by atoms with Crippen molar-refractivity contribution in [3.63, 3.8) is 0 Å². The lowest BCUT2D eigenvalue weighted by molar-refractivity contribution is -0.141. The van der Waals surface area contributed by atoms with Crippen LogP contribution in [0.2, 0.25) is 0 Å². The third-order valence-corrected chi connectivity index (χ3v) is 6.25. The number of esters is 2. The smallest absolute Gasteiger partial charge is 0.339 e. The zero-order chi connectivity index (χ0) is 20.2. The number of ether oxygens (including phenoxy) is 4. The number of fused-ring (bicyclic) bond motifs is 4. The Hall–Kier alpha value is -3.54. The quantitative estimate of drug-likeness (QED) is 0.607. The number of hydrogen-bond donors (Lipinski definition) is 0. The van der Waals surface area contributed by atoms with Crippen molar-refractivity contribution in [2.75, 3.05) is 13.4 Å². The molecule has 2 unspecified atom stereocenters. The van der Waals surface area contributed by atoms with Gasteiger partial charge in [-0.3, -0.25) is 4.79 Å². The van der Waals surface area contributed by atoms with Crippen molar-refractivity contribution in [1.29, 1.82) is 0 Å². The fourth-order valence-corrected chi connectivity index (χ4v) is 4.75. The number of cyclic esters (lactones) is 1. The maximum atomic E-state index is 13.2. The molecule has 0 saturated carbocycles. The van der Waals surface area contributed by atoms with Gasteiger partial charge < -0.3 is 18.9 Å². The van der Waals surface area contributed by atoms with Crippen LogP contribution in [0.15, 0.2) is 54.6 Å². The number of benzene rings is 3. The molecule has 2 heterocycles. The molecule has 3 aliphatic rings. The first-order valence-corrected chi connectivity index (χ1v) is 9.97. The Morgan fingerprint density at radius 3 is 2.67 bits per heavy atom. The van der Waals surface area contributed by atoms with E-state index >= 15 is 0 Å². The summed E-state index contributed by atoms with van der Waals surface area (Å²) < 4.78 is 22.4. The number of carbonyl (C=O) groups is 2. The molecule has 3 aromatic carbocycles. The second kappa shape index (κ2) is 6.49. The van der Waals surface area contributed by atoms with E-state index in [1.165, 1.54) is 0 Å². The van der Waals surface area contributed by atoms with E-state index in [0.29, 0.717) is 23.5 Å². The summed E-state index contributed by atoms with van der Waals surface area (Å²) in [4.78, 5) is 25.5. The fourth-order valence-electron chi connectivity index (χ4n) is 4.75. The Balaban J connectivity index is 1.42. The van der Waals surface area contributed by atoms with Gasteiger partial charge in [-0.2, -0.15) is 0 Å². The van der Waals surface area contributed by atoms with Gasteiger partial charge >= 0.3 is 11.9 Å². The Morgan fingerprint density at radius 1 is 0.967 bits per heavy atom. The highest BCUT2D eigenvalue weighted by Gasteiger charge is 2.48. The molecule has 3 atom stereocenters. The van der Waals surface area contributed by atoms with Crippen LogP contribution in [0.3, 0.4) is 0 Å². The molecule has 1 fully saturated rings. The van der Waals surface area contributed by atoms with Gasteiger partial charge in [0.05, 0.1) is 18.1 Å². The van der Waals surface area contributed by atoms with Crippen molar-refractivity contribution in [2.45, 2.75) is 12.5 Å². The molecule has 1 saturated heterocycles. The molecule has 0 spiro atoms. The average molecular weight is 402 g/mol. The molecule has 30 heavy (non-hydrogen) atoms. The molecule has 0 aromatic heterocycles. The van der Waals surface area contributed by atoms with Gasteiger partial charge in [0.2, 0.25) is 6.79 Å². The van der Waals surface area contributed by atoms with Crippen molar-refractivity contribution < 1.29 is 28.5 Å². The molecule has 0 bridgehead atoms. The van der Waals surface area contributed by atoms with E-state index in [1.54, 1.807) is 6.07 Å². The minimum Gasteiger partial charge on any atom is -0.465 e.